The van der Waals surface area contributed by atoms with Crippen LogP contribution in [0, 0.1) is 0 Å². The predicted octanol–water partition coefficient (Wildman–Crippen LogP) is 3.13. The van der Waals surface area contributed by atoms with Crippen molar-refractivity contribution in [1.82, 2.24) is 4.90 Å². The van der Waals surface area contributed by atoms with Crippen LogP contribution in [0.1, 0.15) is 43.1 Å². The van der Waals surface area contributed by atoms with Crippen molar-refractivity contribution in [3.8, 4) is 5.75 Å². The van der Waals surface area contributed by atoms with Crippen molar-refractivity contribution in [3.05, 3.63) is 29.3 Å². The maximum Gasteiger partial charge on any atom is 0.159 e. The number of hydrogen-bond donors (Lipinski definition) is 0. The molecule has 0 spiro atoms. The molecule has 1 aromatic carbocycles. The minimum Gasteiger partial charge on any atom is -0.494 e. The maximum absolute atomic E-state index is 11.4. The highest BCUT2D eigenvalue weighted by atomic mass is 16.5. The molecule has 1 rings (SSSR count). The predicted molar refractivity (Wildman–Crippen MR) is 74.2 cm³/mol. The van der Waals surface area contributed by atoms with Gasteiger partial charge in [-0.05, 0) is 52.1 Å². The van der Waals surface area contributed by atoms with Crippen LogP contribution in [0.5, 0.6) is 5.75 Å². The molecule has 0 heterocycles. The van der Waals surface area contributed by atoms with E-state index in [-0.39, 0.29) is 5.78 Å². The van der Waals surface area contributed by atoms with Gasteiger partial charge in [-0.3, -0.25) is 4.79 Å². The van der Waals surface area contributed by atoms with Gasteiger partial charge in [-0.1, -0.05) is 6.92 Å². The second-order valence-electron chi connectivity index (χ2n) is 4.55. The van der Waals surface area contributed by atoms with Gasteiger partial charge in [-0.2, -0.15) is 0 Å². The van der Waals surface area contributed by atoms with Gasteiger partial charge in [0.2, 0.25) is 0 Å². The third-order valence-electron chi connectivity index (χ3n) is 2.81. The van der Waals surface area contributed by atoms with Gasteiger partial charge >= 0.3 is 0 Å². The van der Waals surface area contributed by atoms with E-state index < -0.39 is 0 Å². The fourth-order valence-electron chi connectivity index (χ4n) is 1.97. The summed E-state index contributed by atoms with van der Waals surface area (Å²) < 4.78 is 5.61. The van der Waals surface area contributed by atoms with Gasteiger partial charge in [-0.25, -0.2) is 0 Å². The number of ketones is 1. The van der Waals surface area contributed by atoms with Crippen molar-refractivity contribution in [1.29, 1.82) is 0 Å². The molecule has 3 heteroatoms. The highest BCUT2D eigenvalue weighted by Gasteiger charge is 2.09. The van der Waals surface area contributed by atoms with E-state index >= 15 is 0 Å². The van der Waals surface area contributed by atoms with Gasteiger partial charge in [0, 0.05) is 17.7 Å². The number of benzene rings is 1. The van der Waals surface area contributed by atoms with Gasteiger partial charge in [0.15, 0.2) is 5.78 Å². The van der Waals surface area contributed by atoms with Gasteiger partial charge in [0.25, 0.3) is 0 Å². The Morgan fingerprint density at radius 3 is 2.61 bits per heavy atom. The normalized spacial score (nSPS) is 10.7. The molecule has 0 radical (unpaired) electrons. The lowest BCUT2D eigenvalue weighted by Gasteiger charge is -2.18. The van der Waals surface area contributed by atoms with Crippen molar-refractivity contribution >= 4 is 5.78 Å². The maximum atomic E-state index is 11.4. The van der Waals surface area contributed by atoms with Crippen LogP contribution in [0.3, 0.4) is 0 Å². The molecule has 0 unspecified atom stereocenters. The van der Waals surface area contributed by atoms with Crippen LogP contribution in [0.25, 0.3) is 0 Å². The number of rotatable bonds is 7. The largest absolute Gasteiger partial charge is 0.494 e. The van der Waals surface area contributed by atoms with E-state index in [0.717, 1.165) is 36.4 Å². The van der Waals surface area contributed by atoms with Crippen LogP contribution in [-0.2, 0) is 6.54 Å². The average Bonchev–Trinajstić information content (AvgIpc) is 2.31. The van der Waals surface area contributed by atoms with E-state index in [9.17, 15) is 4.79 Å². The Balaban J connectivity index is 2.95. The van der Waals surface area contributed by atoms with E-state index in [2.05, 4.69) is 18.9 Å². The van der Waals surface area contributed by atoms with Crippen LogP contribution in [-0.4, -0.2) is 30.9 Å². The zero-order chi connectivity index (χ0) is 13.5. The number of ether oxygens (including phenoxy) is 1. The first-order chi connectivity index (χ1) is 8.58. The van der Waals surface area contributed by atoms with Gasteiger partial charge in [0.05, 0.1) is 6.61 Å². The summed E-state index contributed by atoms with van der Waals surface area (Å²) in [5.74, 6) is 0.975. The molecule has 0 aliphatic carbocycles. The first kappa shape index (κ1) is 14.7. The zero-order valence-corrected chi connectivity index (χ0v) is 11.8. The number of carbonyl (C=O) groups excluding carboxylic acids is 1. The third-order valence-corrected chi connectivity index (χ3v) is 2.81. The third kappa shape index (κ3) is 4.15. The van der Waals surface area contributed by atoms with Crippen molar-refractivity contribution in [2.45, 2.75) is 33.7 Å². The van der Waals surface area contributed by atoms with E-state index in [1.807, 2.05) is 25.1 Å². The molecule has 18 heavy (non-hydrogen) atoms. The van der Waals surface area contributed by atoms with Gasteiger partial charge in [0.1, 0.15) is 5.75 Å². The van der Waals surface area contributed by atoms with Crippen LogP contribution in [0.15, 0.2) is 18.2 Å². The molecule has 0 aromatic heterocycles. The average molecular weight is 249 g/mol. The molecule has 0 saturated carbocycles. The Labute approximate surface area is 110 Å². The summed E-state index contributed by atoms with van der Waals surface area (Å²) in [5.41, 5.74) is 1.83. The summed E-state index contributed by atoms with van der Waals surface area (Å²) >= 11 is 0. The molecule has 0 bridgehead atoms. The number of Topliss-reactive ketones (excluding diaryl/α,β-unsaturated/α-hetero) is 1. The van der Waals surface area contributed by atoms with E-state index in [4.69, 9.17) is 4.74 Å². The van der Waals surface area contributed by atoms with Crippen molar-refractivity contribution in [2.75, 3.05) is 20.2 Å². The lowest BCUT2D eigenvalue weighted by atomic mass is 10.1. The van der Waals surface area contributed by atoms with Crippen LogP contribution in [0.4, 0.5) is 0 Å². The van der Waals surface area contributed by atoms with Crippen LogP contribution in [0.2, 0.25) is 0 Å². The molecule has 0 aliphatic rings. The van der Waals surface area contributed by atoms with Crippen LogP contribution >= 0.6 is 0 Å². The Morgan fingerprint density at radius 1 is 1.33 bits per heavy atom. The molecule has 1 aromatic rings. The highest BCUT2D eigenvalue weighted by molar-refractivity contribution is 5.94. The molecule has 0 atom stereocenters. The molecule has 0 aliphatic heterocycles. The van der Waals surface area contributed by atoms with Crippen LogP contribution < -0.4 is 4.74 Å². The fraction of sp³-hybridized carbons (Fsp3) is 0.533. The minimum atomic E-state index is 0.0949. The van der Waals surface area contributed by atoms with Crippen molar-refractivity contribution < 1.29 is 9.53 Å². The van der Waals surface area contributed by atoms with Crippen molar-refractivity contribution in [3.63, 3.8) is 0 Å². The smallest absolute Gasteiger partial charge is 0.159 e. The first-order valence-corrected chi connectivity index (χ1v) is 6.53. The first-order valence-electron chi connectivity index (χ1n) is 6.53. The summed E-state index contributed by atoms with van der Waals surface area (Å²) in [6, 6.07) is 5.67. The molecule has 3 nitrogen and oxygen atoms in total. The highest BCUT2D eigenvalue weighted by Crippen LogP contribution is 2.22. The quantitative estimate of drug-likeness (QED) is 0.695. The topological polar surface area (TPSA) is 29.5 Å². The second kappa shape index (κ2) is 7.17. The number of nitrogens with zero attached hydrogens (tertiary/aromatic N) is 1. The Hall–Kier alpha value is -1.35. The molecule has 0 saturated heterocycles. The molecule has 100 valence electrons. The van der Waals surface area contributed by atoms with Gasteiger partial charge < -0.3 is 9.64 Å². The molecular formula is C15H23NO2. The van der Waals surface area contributed by atoms with E-state index in [0.29, 0.717) is 6.61 Å². The Bertz CT molecular complexity index is 401. The lowest BCUT2D eigenvalue weighted by Crippen LogP contribution is -2.19. The second-order valence-corrected chi connectivity index (χ2v) is 4.55. The standard InChI is InChI=1S/C15H23NO2/c1-5-9-16(4)11-14-10-13(12(3)17)7-8-15(14)18-6-2/h7-8,10H,5-6,9,11H2,1-4H3. The van der Waals surface area contributed by atoms with E-state index in [1.54, 1.807) is 6.92 Å². The summed E-state index contributed by atoms with van der Waals surface area (Å²) in [4.78, 5) is 13.7. The summed E-state index contributed by atoms with van der Waals surface area (Å²) in [5, 5.41) is 0. The molecule has 0 amide bonds. The summed E-state index contributed by atoms with van der Waals surface area (Å²) in [7, 11) is 2.08. The monoisotopic (exact) mass is 249 g/mol. The Kier molecular flexibility index (Phi) is 5.86. The lowest BCUT2D eigenvalue weighted by molar-refractivity contribution is 0.101. The molecule has 0 N–H and O–H groups in total. The molecular weight excluding hydrogens is 226 g/mol. The number of carbonyl (C=O) groups is 1. The Morgan fingerprint density at radius 2 is 2.06 bits per heavy atom. The van der Waals surface area contributed by atoms with E-state index in [1.165, 1.54) is 0 Å². The zero-order valence-electron chi connectivity index (χ0n) is 11.8. The minimum absolute atomic E-state index is 0.0949. The molecule has 0 fully saturated rings. The summed E-state index contributed by atoms with van der Waals surface area (Å²) in [6.45, 7) is 8.21. The number of hydrogen-bond acceptors (Lipinski definition) is 3. The summed E-state index contributed by atoms with van der Waals surface area (Å²) in [6.07, 6.45) is 1.12. The fourth-order valence-corrected chi connectivity index (χ4v) is 1.97. The SMILES string of the molecule is CCCN(C)Cc1cc(C(C)=O)ccc1OCC. The van der Waals surface area contributed by atoms with Crippen molar-refractivity contribution in [2.24, 2.45) is 0 Å². The van der Waals surface area contributed by atoms with Gasteiger partial charge in [-0.15, -0.1) is 0 Å².